The van der Waals surface area contributed by atoms with Crippen molar-refractivity contribution in [1.82, 2.24) is 34.4 Å². The smallest absolute Gasteiger partial charge is 0.165 e. The maximum absolute atomic E-state index is 5.92. The Morgan fingerprint density at radius 2 is 1.95 bits per heavy atom. The van der Waals surface area contributed by atoms with Gasteiger partial charge in [-0.25, -0.2) is 19.9 Å². The molecule has 9 heteroatoms. The number of nitrogen functional groups attached to an aromatic ring is 1. The van der Waals surface area contributed by atoms with Crippen molar-refractivity contribution in [1.29, 1.82) is 0 Å². The van der Waals surface area contributed by atoms with E-state index in [-0.39, 0.29) is 11.5 Å². The second-order valence-corrected chi connectivity index (χ2v) is 11.2. The maximum atomic E-state index is 5.92. The highest BCUT2D eigenvalue weighted by atomic mass is 16.5. The van der Waals surface area contributed by atoms with Gasteiger partial charge in [-0.1, -0.05) is 26.8 Å². The molecule has 3 aromatic heterocycles. The summed E-state index contributed by atoms with van der Waals surface area (Å²) in [5, 5.41) is 0. The van der Waals surface area contributed by atoms with Crippen LogP contribution in [0.4, 0.5) is 5.82 Å². The van der Waals surface area contributed by atoms with Gasteiger partial charge in [0.15, 0.2) is 11.5 Å². The molecule has 3 heterocycles. The number of rotatable bonds is 12. The normalized spacial score (nSPS) is 13.4. The van der Waals surface area contributed by atoms with Gasteiger partial charge in [-0.3, -0.25) is 4.90 Å². The third-order valence-electron chi connectivity index (χ3n) is 7.13. The van der Waals surface area contributed by atoms with E-state index in [0.29, 0.717) is 17.4 Å². The summed E-state index contributed by atoms with van der Waals surface area (Å²) < 4.78 is 7.88. The number of hydrogen-bond donors (Lipinski definition) is 2. The van der Waals surface area contributed by atoms with Crippen molar-refractivity contribution in [3.63, 3.8) is 0 Å². The number of unbranched alkanes of at least 4 members (excludes halogenated alkanes) is 1. The van der Waals surface area contributed by atoms with E-state index in [1.54, 1.807) is 13.4 Å². The first-order valence-electron chi connectivity index (χ1n) is 13.3. The van der Waals surface area contributed by atoms with Gasteiger partial charge in [0.1, 0.15) is 17.7 Å². The number of ether oxygens (including phenoxy) is 1. The van der Waals surface area contributed by atoms with E-state index < -0.39 is 0 Å². The lowest BCUT2D eigenvalue weighted by Gasteiger charge is -2.30. The molecule has 3 N–H and O–H groups in total. The molecule has 37 heavy (non-hydrogen) atoms. The maximum Gasteiger partial charge on any atom is 0.165 e. The summed E-state index contributed by atoms with van der Waals surface area (Å²) in [7, 11) is 1.79. The number of aromatic amines is 1. The van der Waals surface area contributed by atoms with Gasteiger partial charge in [0.05, 0.1) is 23.5 Å². The average Bonchev–Trinajstić information content (AvgIpc) is 3.46. The molecule has 0 aliphatic carbocycles. The summed E-state index contributed by atoms with van der Waals surface area (Å²) in [5.74, 6) is 1.49. The number of anilines is 1. The number of aryl methyl sites for hydroxylation is 2. The zero-order valence-electron chi connectivity index (χ0n) is 23.2. The van der Waals surface area contributed by atoms with E-state index in [1.807, 2.05) is 4.57 Å². The molecule has 0 bridgehead atoms. The molecule has 0 radical (unpaired) electrons. The monoisotopic (exact) mass is 506 g/mol. The Morgan fingerprint density at radius 1 is 1.14 bits per heavy atom. The molecule has 0 fully saturated rings. The third-order valence-corrected chi connectivity index (χ3v) is 7.13. The van der Waals surface area contributed by atoms with E-state index in [1.165, 1.54) is 11.9 Å². The van der Waals surface area contributed by atoms with Gasteiger partial charge < -0.3 is 20.0 Å². The van der Waals surface area contributed by atoms with E-state index >= 15 is 0 Å². The molecule has 0 spiro atoms. The molecule has 0 saturated heterocycles. The van der Waals surface area contributed by atoms with Gasteiger partial charge in [-0.2, -0.15) is 0 Å². The third kappa shape index (κ3) is 6.64. The molecule has 200 valence electrons. The van der Waals surface area contributed by atoms with Gasteiger partial charge >= 0.3 is 0 Å². The molecule has 9 nitrogen and oxygen atoms in total. The topological polar surface area (TPSA) is 111 Å². The Bertz CT molecular complexity index is 1300. The Labute approximate surface area is 219 Å². The number of H-pyrrole nitrogens is 1. The Balaban J connectivity index is 1.28. The van der Waals surface area contributed by atoms with Crippen LogP contribution in [-0.4, -0.2) is 66.7 Å². The van der Waals surface area contributed by atoms with Crippen LogP contribution in [0.5, 0.6) is 0 Å². The number of nitrogens with zero attached hydrogens (tertiary/aromatic N) is 6. The first kappa shape index (κ1) is 27.0. The molecular weight excluding hydrogens is 464 g/mol. The quantitative estimate of drug-likeness (QED) is 0.267. The van der Waals surface area contributed by atoms with Gasteiger partial charge in [0.25, 0.3) is 0 Å². The highest BCUT2D eigenvalue weighted by Gasteiger charge is 2.18. The number of nitrogens with one attached hydrogen (secondary N) is 1. The molecule has 4 aromatic rings. The first-order valence-corrected chi connectivity index (χ1v) is 13.3. The van der Waals surface area contributed by atoms with Gasteiger partial charge in [0.2, 0.25) is 0 Å². The summed E-state index contributed by atoms with van der Waals surface area (Å²) >= 11 is 0. The number of aromatic nitrogens is 6. The van der Waals surface area contributed by atoms with Gasteiger partial charge in [-0.05, 0) is 62.8 Å². The van der Waals surface area contributed by atoms with Crippen molar-refractivity contribution < 1.29 is 4.74 Å². The molecule has 1 aromatic carbocycles. The van der Waals surface area contributed by atoms with Crippen molar-refractivity contribution in [2.45, 2.75) is 84.4 Å². The predicted molar refractivity (Wildman–Crippen MR) is 150 cm³/mol. The van der Waals surface area contributed by atoms with Crippen LogP contribution in [0.25, 0.3) is 22.2 Å². The van der Waals surface area contributed by atoms with Gasteiger partial charge in [-0.15, -0.1) is 0 Å². The number of nitrogens with two attached hydrogens (primary N) is 1. The molecule has 1 unspecified atom stereocenters. The van der Waals surface area contributed by atoms with E-state index in [4.69, 9.17) is 15.5 Å². The number of methoxy groups -OCH3 is 1. The van der Waals surface area contributed by atoms with E-state index in [0.717, 1.165) is 67.8 Å². The van der Waals surface area contributed by atoms with Crippen molar-refractivity contribution in [2.75, 3.05) is 25.9 Å². The summed E-state index contributed by atoms with van der Waals surface area (Å²) in [4.78, 5) is 23.6. The number of hydrogen-bond acceptors (Lipinski definition) is 7. The lowest BCUT2D eigenvalue weighted by atomic mass is 9.87. The van der Waals surface area contributed by atoms with Crippen LogP contribution < -0.4 is 5.73 Å². The van der Waals surface area contributed by atoms with Crippen LogP contribution in [0.2, 0.25) is 0 Å². The predicted octanol–water partition coefficient (Wildman–Crippen LogP) is 4.72. The minimum absolute atomic E-state index is 0.117. The SMILES string of the molecule is COC(CCn1cnc2c(N)ncnc21)CN(CCCCc1nc2ccc(C(C)(C)C)cc2[nH]1)C(C)C. The highest BCUT2D eigenvalue weighted by Crippen LogP contribution is 2.25. The van der Waals surface area contributed by atoms with Crippen LogP contribution in [0.15, 0.2) is 30.9 Å². The summed E-state index contributed by atoms with van der Waals surface area (Å²) in [6, 6.07) is 7.01. The number of benzene rings is 1. The lowest BCUT2D eigenvalue weighted by molar-refractivity contribution is 0.0447. The Hall–Kier alpha value is -3.04. The first-order chi connectivity index (χ1) is 17.7. The van der Waals surface area contributed by atoms with Crippen LogP contribution in [0, 0.1) is 0 Å². The van der Waals surface area contributed by atoms with Crippen molar-refractivity contribution in [2.24, 2.45) is 0 Å². The molecule has 1 atom stereocenters. The minimum Gasteiger partial charge on any atom is -0.382 e. The highest BCUT2D eigenvalue weighted by molar-refractivity contribution is 5.81. The molecular formula is C28H42N8O. The fourth-order valence-corrected chi connectivity index (χ4v) is 4.71. The molecule has 4 rings (SSSR count). The Morgan fingerprint density at radius 3 is 2.68 bits per heavy atom. The molecule has 0 aliphatic rings. The fourth-order valence-electron chi connectivity index (χ4n) is 4.71. The van der Waals surface area contributed by atoms with Crippen LogP contribution in [-0.2, 0) is 23.1 Å². The zero-order chi connectivity index (χ0) is 26.6. The molecule has 0 amide bonds. The lowest BCUT2D eigenvalue weighted by Crippen LogP contribution is -2.39. The van der Waals surface area contributed by atoms with E-state index in [9.17, 15) is 0 Å². The molecule has 0 saturated carbocycles. The van der Waals surface area contributed by atoms with Crippen LogP contribution in [0.1, 0.15) is 65.3 Å². The summed E-state index contributed by atoms with van der Waals surface area (Å²) in [6.07, 6.45) is 7.41. The summed E-state index contributed by atoms with van der Waals surface area (Å²) in [6.45, 7) is 13.9. The van der Waals surface area contributed by atoms with Crippen LogP contribution in [0.3, 0.4) is 0 Å². The number of fused-ring (bicyclic) bond motifs is 2. The van der Waals surface area contributed by atoms with Crippen molar-refractivity contribution >= 4 is 28.0 Å². The van der Waals surface area contributed by atoms with Crippen molar-refractivity contribution in [3.8, 4) is 0 Å². The zero-order valence-corrected chi connectivity index (χ0v) is 23.2. The average molecular weight is 507 g/mol. The molecule has 0 aliphatic heterocycles. The fraction of sp³-hybridized carbons (Fsp3) is 0.571. The number of imidazole rings is 2. The van der Waals surface area contributed by atoms with E-state index in [2.05, 4.69) is 77.7 Å². The second kappa shape index (κ2) is 11.6. The van der Waals surface area contributed by atoms with Gasteiger partial charge in [0, 0.05) is 32.7 Å². The minimum atomic E-state index is 0.117. The van der Waals surface area contributed by atoms with Crippen molar-refractivity contribution in [3.05, 3.63) is 42.2 Å². The second-order valence-electron chi connectivity index (χ2n) is 11.2. The Kier molecular flexibility index (Phi) is 8.44. The standard InChI is InChI=1S/C28H42N8O/c1-19(2)35(16-21(37-6)12-14-36-18-32-25-26(29)30-17-31-27(25)36)13-8-7-9-24-33-22-11-10-20(28(3,4)5)15-23(22)34-24/h10-11,15,17-19,21H,7-9,12-14,16H2,1-6H3,(H,33,34)(H2,29,30,31). The van der Waals surface area contributed by atoms with Crippen LogP contribution >= 0.6 is 0 Å². The summed E-state index contributed by atoms with van der Waals surface area (Å²) in [5.41, 5.74) is 11.0. The largest absolute Gasteiger partial charge is 0.382 e.